The molecule has 0 aromatic heterocycles. The predicted octanol–water partition coefficient (Wildman–Crippen LogP) is 2.00. The van der Waals surface area contributed by atoms with Crippen molar-refractivity contribution in [2.45, 2.75) is 40.4 Å². The predicted molar refractivity (Wildman–Crippen MR) is 53.9 cm³/mol. The zero-order chi connectivity index (χ0) is 10.8. The largest absolute Gasteiger partial charge is 0.353 e. The smallest absolute Gasteiger partial charge is 0.154 e. The molecule has 3 nitrogen and oxygen atoms in total. The Morgan fingerprint density at radius 1 is 1.50 bits per heavy atom. The summed E-state index contributed by atoms with van der Waals surface area (Å²) < 4.78 is 10.7. The second-order valence-corrected chi connectivity index (χ2v) is 4.40. The highest BCUT2D eigenvalue weighted by Gasteiger charge is 2.47. The summed E-state index contributed by atoms with van der Waals surface area (Å²) in [6, 6.07) is 0. The highest BCUT2D eigenvalue weighted by atomic mass is 16.7. The highest BCUT2D eigenvalue weighted by molar-refractivity contribution is 5.90. The molecule has 0 N–H and O–H groups in total. The van der Waals surface area contributed by atoms with Crippen molar-refractivity contribution in [3.8, 4) is 0 Å². The average Bonchev–Trinajstić information content (AvgIpc) is 2.12. The topological polar surface area (TPSA) is 35.5 Å². The monoisotopic (exact) mass is 200 g/mol. The molecule has 2 atom stereocenters. The molecule has 0 aromatic rings. The van der Waals surface area contributed by atoms with Crippen molar-refractivity contribution in [2.75, 3.05) is 13.2 Å². The van der Waals surface area contributed by atoms with Crippen LogP contribution < -0.4 is 0 Å². The molecule has 1 fully saturated rings. The summed E-state index contributed by atoms with van der Waals surface area (Å²) >= 11 is 0. The SMILES string of the molecule is CCOC(C)OCC1CC(=O)C1(C)C. The number of carbonyl (C=O) groups is 1. The zero-order valence-corrected chi connectivity index (χ0v) is 9.50. The van der Waals surface area contributed by atoms with Gasteiger partial charge in [0.2, 0.25) is 0 Å². The van der Waals surface area contributed by atoms with Gasteiger partial charge in [-0.05, 0) is 13.8 Å². The van der Waals surface area contributed by atoms with Crippen LogP contribution in [0.15, 0.2) is 0 Å². The summed E-state index contributed by atoms with van der Waals surface area (Å²) in [6.07, 6.45) is 0.498. The van der Waals surface area contributed by atoms with Crippen LogP contribution in [0.25, 0.3) is 0 Å². The maximum atomic E-state index is 11.2. The van der Waals surface area contributed by atoms with Gasteiger partial charge in [-0.25, -0.2) is 0 Å². The van der Waals surface area contributed by atoms with E-state index in [0.29, 0.717) is 31.3 Å². The van der Waals surface area contributed by atoms with Crippen LogP contribution in [-0.2, 0) is 14.3 Å². The second-order valence-electron chi connectivity index (χ2n) is 4.40. The fourth-order valence-corrected chi connectivity index (χ4v) is 1.64. The minimum atomic E-state index is -0.189. The van der Waals surface area contributed by atoms with Crippen LogP contribution in [0.4, 0.5) is 0 Å². The summed E-state index contributed by atoms with van der Waals surface area (Å²) in [5.41, 5.74) is -0.189. The van der Waals surface area contributed by atoms with E-state index in [1.165, 1.54) is 0 Å². The van der Waals surface area contributed by atoms with Crippen molar-refractivity contribution in [1.29, 1.82) is 0 Å². The van der Waals surface area contributed by atoms with Crippen molar-refractivity contribution in [3.63, 3.8) is 0 Å². The van der Waals surface area contributed by atoms with E-state index in [-0.39, 0.29) is 11.7 Å². The molecule has 0 aromatic carbocycles. The number of hydrogen-bond donors (Lipinski definition) is 0. The molecule has 14 heavy (non-hydrogen) atoms. The molecule has 0 amide bonds. The number of hydrogen-bond acceptors (Lipinski definition) is 3. The molecule has 0 saturated heterocycles. The summed E-state index contributed by atoms with van der Waals surface area (Å²) in [5, 5.41) is 0. The lowest BCUT2D eigenvalue weighted by atomic mass is 9.62. The van der Waals surface area contributed by atoms with Crippen LogP contribution in [0, 0.1) is 11.3 Å². The lowest BCUT2D eigenvalue weighted by molar-refractivity contribution is -0.166. The average molecular weight is 200 g/mol. The van der Waals surface area contributed by atoms with E-state index in [4.69, 9.17) is 9.47 Å². The van der Waals surface area contributed by atoms with Crippen LogP contribution in [0.2, 0.25) is 0 Å². The molecule has 1 rings (SSSR count). The quantitative estimate of drug-likeness (QED) is 0.637. The van der Waals surface area contributed by atoms with Gasteiger partial charge in [-0.15, -0.1) is 0 Å². The molecule has 1 saturated carbocycles. The zero-order valence-electron chi connectivity index (χ0n) is 9.50. The van der Waals surface area contributed by atoms with E-state index in [0.717, 1.165) is 0 Å². The first-order valence-corrected chi connectivity index (χ1v) is 5.25. The molecule has 0 heterocycles. The molecule has 0 bridgehead atoms. The first kappa shape index (κ1) is 11.7. The van der Waals surface area contributed by atoms with E-state index >= 15 is 0 Å². The van der Waals surface area contributed by atoms with E-state index < -0.39 is 0 Å². The van der Waals surface area contributed by atoms with Gasteiger partial charge in [0.25, 0.3) is 0 Å². The minimum Gasteiger partial charge on any atom is -0.353 e. The number of Topliss-reactive ketones (excluding diaryl/α,β-unsaturated/α-hetero) is 1. The standard InChI is InChI=1S/C11H20O3/c1-5-13-8(2)14-7-9-6-10(12)11(9,3)4/h8-9H,5-7H2,1-4H3. The molecule has 2 unspecified atom stereocenters. The van der Waals surface area contributed by atoms with Gasteiger partial charge in [0, 0.05) is 24.4 Å². The van der Waals surface area contributed by atoms with E-state index in [1.807, 2.05) is 27.7 Å². The molecular weight excluding hydrogens is 180 g/mol. The Morgan fingerprint density at radius 3 is 2.57 bits per heavy atom. The Bertz CT molecular complexity index is 211. The van der Waals surface area contributed by atoms with E-state index in [2.05, 4.69) is 0 Å². The molecule has 1 aliphatic rings. The Kier molecular flexibility index (Phi) is 3.67. The van der Waals surface area contributed by atoms with Gasteiger partial charge < -0.3 is 9.47 Å². The molecule has 0 spiro atoms. The lowest BCUT2D eigenvalue weighted by Crippen LogP contribution is -2.48. The van der Waals surface area contributed by atoms with E-state index in [9.17, 15) is 4.79 Å². The molecule has 0 radical (unpaired) electrons. The van der Waals surface area contributed by atoms with Crippen molar-refractivity contribution < 1.29 is 14.3 Å². The Morgan fingerprint density at radius 2 is 2.14 bits per heavy atom. The summed E-state index contributed by atoms with van der Waals surface area (Å²) in [5.74, 6) is 0.702. The van der Waals surface area contributed by atoms with Gasteiger partial charge in [0.1, 0.15) is 5.78 Å². The van der Waals surface area contributed by atoms with Gasteiger partial charge in [-0.2, -0.15) is 0 Å². The number of ketones is 1. The third-order valence-electron chi connectivity index (χ3n) is 3.10. The number of rotatable bonds is 5. The van der Waals surface area contributed by atoms with Crippen LogP contribution in [-0.4, -0.2) is 25.3 Å². The van der Waals surface area contributed by atoms with E-state index in [1.54, 1.807) is 0 Å². The van der Waals surface area contributed by atoms with Gasteiger partial charge in [-0.3, -0.25) is 4.79 Å². The van der Waals surface area contributed by atoms with Crippen LogP contribution in [0.3, 0.4) is 0 Å². The molecule has 1 aliphatic carbocycles. The first-order chi connectivity index (χ1) is 6.48. The minimum absolute atomic E-state index is 0.161. The maximum absolute atomic E-state index is 11.2. The van der Waals surface area contributed by atoms with Gasteiger partial charge in [0.05, 0.1) is 6.61 Å². The van der Waals surface area contributed by atoms with Crippen LogP contribution in [0.1, 0.15) is 34.1 Å². The van der Waals surface area contributed by atoms with Crippen LogP contribution >= 0.6 is 0 Å². The van der Waals surface area contributed by atoms with Crippen LogP contribution in [0.5, 0.6) is 0 Å². The first-order valence-electron chi connectivity index (χ1n) is 5.25. The van der Waals surface area contributed by atoms with Crippen molar-refractivity contribution >= 4 is 5.78 Å². The molecule has 82 valence electrons. The molecular formula is C11H20O3. The fraction of sp³-hybridized carbons (Fsp3) is 0.909. The third kappa shape index (κ3) is 2.34. The lowest BCUT2D eigenvalue weighted by Gasteiger charge is -2.42. The Balaban J connectivity index is 2.24. The number of ether oxygens (including phenoxy) is 2. The van der Waals surface area contributed by atoms with Gasteiger partial charge >= 0.3 is 0 Å². The molecule has 0 aliphatic heterocycles. The normalized spacial score (nSPS) is 27.1. The summed E-state index contributed by atoms with van der Waals surface area (Å²) in [7, 11) is 0. The number of carbonyl (C=O) groups excluding carboxylic acids is 1. The maximum Gasteiger partial charge on any atom is 0.154 e. The van der Waals surface area contributed by atoms with Crippen molar-refractivity contribution in [1.82, 2.24) is 0 Å². The second kappa shape index (κ2) is 4.41. The summed E-state index contributed by atoms with van der Waals surface area (Å²) in [6.45, 7) is 9.08. The fourth-order valence-electron chi connectivity index (χ4n) is 1.64. The third-order valence-corrected chi connectivity index (χ3v) is 3.10. The van der Waals surface area contributed by atoms with Crippen molar-refractivity contribution in [3.05, 3.63) is 0 Å². The van der Waals surface area contributed by atoms with Crippen molar-refractivity contribution in [2.24, 2.45) is 11.3 Å². The van der Waals surface area contributed by atoms with Gasteiger partial charge in [0.15, 0.2) is 6.29 Å². The Labute approximate surface area is 85.8 Å². The summed E-state index contributed by atoms with van der Waals surface area (Å²) in [4.78, 5) is 11.2. The highest BCUT2D eigenvalue weighted by Crippen LogP contribution is 2.42. The van der Waals surface area contributed by atoms with Gasteiger partial charge in [-0.1, -0.05) is 13.8 Å². The Hall–Kier alpha value is -0.410. The molecule has 3 heteroatoms.